The molecule has 96 valence electrons. The molecule has 0 saturated carbocycles. The molecule has 0 radical (unpaired) electrons. The van der Waals surface area contributed by atoms with Crippen LogP contribution in [0.3, 0.4) is 0 Å². The molecule has 0 amide bonds. The molecule has 1 N–H and O–H groups in total. The second-order valence-corrected chi connectivity index (χ2v) is 3.90. The van der Waals surface area contributed by atoms with Crippen LogP contribution in [0.25, 0.3) is 0 Å². The predicted molar refractivity (Wildman–Crippen MR) is 76.6 cm³/mol. The van der Waals surface area contributed by atoms with Crippen LogP contribution >= 0.6 is 12.4 Å². The normalized spacial score (nSPS) is 9.78. The molecule has 2 nitrogen and oxygen atoms in total. The van der Waals surface area contributed by atoms with Gasteiger partial charge in [0.2, 0.25) is 0 Å². The Hall–Kier alpha value is -1.35. The van der Waals surface area contributed by atoms with Crippen molar-refractivity contribution < 1.29 is 4.84 Å². The van der Waals surface area contributed by atoms with Crippen molar-refractivity contribution in [3.63, 3.8) is 0 Å². The zero-order valence-corrected chi connectivity index (χ0v) is 11.0. The van der Waals surface area contributed by atoms with E-state index in [1.54, 1.807) is 0 Å². The molecule has 2 aromatic rings. The Bertz CT molecular complexity index is 378. The van der Waals surface area contributed by atoms with E-state index >= 15 is 0 Å². The smallest absolute Gasteiger partial charge is 0.0933 e. The number of rotatable bonds is 6. The van der Waals surface area contributed by atoms with E-state index in [0.717, 1.165) is 13.0 Å². The summed E-state index contributed by atoms with van der Waals surface area (Å²) >= 11 is 0. The molecule has 0 spiro atoms. The quantitative estimate of drug-likeness (QED) is 0.637. The van der Waals surface area contributed by atoms with Crippen molar-refractivity contribution in [1.29, 1.82) is 0 Å². The molecule has 0 aliphatic heterocycles. The number of halogens is 1. The molecule has 0 aliphatic carbocycles. The van der Waals surface area contributed by atoms with Crippen LogP contribution in [-0.4, -0.2) is 6.54 Å². The molecular weight excluding hydrogens is 246 g/mol. The van der Waals surface area contributed by atoms with Crippen molar-refractivity contribution in [2.75, 3.05) is 6.54 Å². The maximum atomic E-state index is 5.39. The molecule has 0 heterocycles. The highest BCUT2D eigenvalue weighted by Gasteiger charge is 1.93. The fourth-order valence-corrected chi connectivity index (χ4v) is 1.62. The molecule has 0 saturated heterocycles. The van der Waals surface area contributed by atoms with Crippen LogP contribution in [0.1, 0.15) is 11.1 Å². The van der Waals surface area contributed by atoms with Gasteiger partial charge in [-0.2, -0.15) is 0 Å². The standard InChI is InChI=1S/C15H17NO.ClH/c1-3-7-14(8-4-1)11-12-16-17-13-15-9-5-2-6-10-15;/h1-10,16H,11-13H2;1H. The summed E-state index contributed by atoms with van der Waals surface area (Å²) in [6.45, 7) is 1.44. The van der Waals surface area contributed by atoms with Crippen molar-refractivity contribution in [3.05, 3.63) is 71.8 Å². The highest BCUT2D eigenvalue weighted by molar-refractivity contribution is 5.85. The van der Waals surface area contributed by atoms with Gasteiger partial charge in [-0.05, 0) is 17.5 Å². The van der Waals surface area contributed by atoms with Crippen LogP contribution in [-0.2, 0) is 17.9 Å². The van der Waals surface area contributed by atoms with E-state index in [4.69, 9.17) is 4.84 Å². The van der Waals surface area contributed by atoms with Gasteiger partial charge in [0.25, 0.3) is 0 Å². The van der Waals surface area contributed by atoms with Gasteiger partial charge in [-0.1, -0.05) is 60.7 Å². The fourth-order valence-electron chi connectivity index (χ4n) is 1.62. The first kappa shape index (κ1) is 14.7. The van der Waals surface area contributed by atoms with Gasteiger partial charge in [0.05, 0.1) is 6.61 Å². The van der Waals surface area contributed by atoms with Crippen LogP contribution in [0.15, 0.2) is 60.7 Å². The molecule has 0 atom stereocenters. The summed E-state index contributed by atoms with van der Waals surface area (Å²) in [4.78, 5) is 5.39. The van der Waals surface area contributed by atoms with Gasteiger partial charge in [-0.3, -0.25) is 4.84 Å². The highest BCUT2D eigenvalue weighted by Crippen LogP contribution is 2.00. The van der Waals surface area contributed by atoms with E-state index in [0.29, 0.717) is 6.61 Å². The largest absolute Gasteiger partial charge is 0.297 e. The van der Waals surface area contributed by atoms with Crippen LogP contribution in [0.4, 0.5) is 0 Å². The zero-order valence-electron chi connectivity index (χ0n) is 10.2. The molecule has 0 bridgehead atoms. The van der Waals surface area contributed by atoms with Gasteiger partial charge in [0, 0.05) is 6.54 Å². The SMILES string of the molecule is Cl.c1ccc(CCNOCc2ccccc2)cc1. The molecule has 0 fully saturated rings. The Labute approximate surface area is 114 Å². The van der Waals surface area contributed by atoms with Gasteiger partial charge in [-0.25, -0.2) is 5.48 Å². The average molecular weight is 264 g/mol. The lowest BCUT2D eigenvalue weighted by atomic mass is 10.2. The molecule has 0 aliphatic rings. The summed E-state index contributed by atoms with van der Waals surface area (Å²) in [5.41, 5.74) is 5.49. The zero-order chi connectivity index (χ0) is 11.8. The maximum absolute atomic E-state index is 5.39. The number of hydrogen-bond acceptors (Lipinski definition) is 2. The lowest BCUT2D eigenvalue weighted by molar-refractivity contribution is 0.0288. The lowest BCUT2D eigenvalue weighted by Gasteiger charge is -2.05. The van der Waals surface area contributed by atoms with Gasteiger partial charge in [-0.15, -0.1) is 12.4 Å². The van der Waals surface area contributed by atoms with Crippen molar-refractivity contribution in [3.8, 4) is 0 Å². The highest BCUT2D eigenvalue weighted by atomic mass is 35.5. The lowest BCUT2D eigenvalue weighted by Crippen LogP contribution is -2.17. The predicted octanol–water partition coefficient (Wildman–Crippen LogP) is 3.37. The minimum atomic E-state index is 0. The first-order chi connectivity index (χ1) is 8.45. The number of hydrogen-bond donors (Lipinski definition) is 1. The van der Waals surface area contributed by atoms with Crippen molar-refractivity contribution in [2.45, 2.75) is 13.0 Å². The summed E-state index contributed by atoms with van der Waals surface area (Å²) < 4.78 is 0. The summed E-state index contributed by atoms with van der Waals surface area (Å²) in [6.07, 6.45) is 0.982. The topological polar surface area (TPSA) is 21.3 Å². The first-order valence-corrected chi connectivity index (χ1v) is 5.87. The molecule has 2 aromatic carbocycles. The summed E-state index contributed by atoms with van der Waals surface area (Å²) in [5.74, 6) is 0. The fraction of sp³-hybridized carbons (Fsp3) is 0.200. The number of hydroxylamine groups is 1. The minimum absolute atomic E-state index is 0. The van der Waals surface area contributed by atoms with E-state index in [1.165, 1.54) is 11.1 Å². The summed E-state index contributed by atoms with van der Waals surface area (Å²) in [7, 11) is 0. The third-order valence-corrected chi connectivity index (χ3v) is 2.54. The van der Waals surface area contributed by atoms with E-state index < -0.39 is 0 Å². The molecule has 0 aromatic heterocycles. The molecule has 0 unspecified atom stereocenters. The number of nitrogens with one attached hydrogen (secondary N) is 1. The van der Waals surface area contributed by atoms with Gasteiger partial charge in [0.15, 0.2) is 0 Å². The molecular formula is C15H18ClNO. The van der Waals surface area contributed by atoms with Crippen molar-refractivity contribution in [2.24, 2.45) is 0 Å². The monoisotopic (exact) mass is 263 g/mol. The Balaban J connectivity index is 0.00000162. The summed E-state index contributed by atoms with van der Waals surface area (Å²) in [6, 6.07) is 20.5. The molecule has 18 heavy (non-hydrogen) atoms. The van der Waals surface area contributed by atoms with Crippen molar-refractivity contribution >= 4 is 12.4 Å². The van der Waals surface area contributed by atoms with Crippen LogP contribution in [0, 0.1) is 0 Å². The molecule has 2 rings (SSSR count). The second kappa shape index (κ2) is 8.70. The Morgan fingerprint density at radius 2 is 1.33 bits per heavy atom. The average Bonchev–Trinajstić information content (AvgIpc) is 2.41. The van der Waals surface area contributed by atoms with E-state index in [-0.39, 0.29) is 12.4 Å². The van der Waals surface area contributed by atoms with Crippen LogP contribution in [0.5, 0.6) is 0 Å². The second-order valence-electron chi connectivity index (χ2n) is 3.90. The summed E-state index contributed by atoms with van der Waals surface area (Å²) in [5, 5.41) is 0. The maximum Gasteiger partial charge on any atom is 0.0933 e. The molecule has 3 heteroatoms. The third-order valence-electron chi connectivity index (χ3n) is 2.54. The van der Waals surface area contributed by atoms with E-state index in [2.05, 4.69) is 41.9 Å². The first-order valence-electron chi connectivity index (χ1n) is 5.87. The van der Waals surface area contributed by atoms with Crippen LogP contribution < -0.4 is 5.48 Å². The number of benzene rings is 2. The van der Waals surface area contributed by atoms with Gasteiger partial charge < -0.3 is 0 Å². The van der Waals surface area contributed by atoms with Crippen molar-refractivity contribution in [1.82, 2.24) is 5.48 Å². The Kier molecular flexibility index (Phi) is 7.11. The van der Waals surface area contributed by atoms with Crippen LogP contribution in [0.2, 0.25) is 0 Å². The Morgan fingerprint density at radius 3 is 1.94 bits per heavy atom. The Morgan fingerprint density at radius 1 is 0.778 bits per heavy atom. The van der Waals surface area contributed by atoms with Gasteiger partial charge >= 0.3 is 0 Å². The van der Waals surface area contributed by atoms with E-state index in [9.17, 15) is 0 Å². The third kappa shape index (κ3) is 5.32. The van der Waals surface area contributed by atoms with Gasteiger partial charge in [0.1, 0.15) is 0 Å². The van der Waals surface area contributed by atoms with E-state index in [1.807, 2.05) is 24.3 Å². The minimum Gasteiger partial charge on any atom is -0.297 e.